The second-order valence-corrected chi connectivity index (χ2v) is 7.81. The molecule has 0 amide bonds. The molecule has 114 valence electrons. The first kappa shape index (κ1) is 17.1. The van der Waals surface area contributed by atoms with E-state index in [4.69, 9.17) is 0 Å². The molecule has 0 atom stereocenters. The van der Waals surface area contributed by atoms with Crippen molar-refractivity contribution in [3.05, 3.63) is 29.6 Å². The Balaban J connectivity index is 2.98. The Bertz CT molecular complexity index is 563. The molecule has 2 N–H and O–H groups in total. The van der Waals surface area contributed by atoms with Crippen LogP contribution in [0.15, 0.2) is 23.1 Å². The van der Waals surface area contributed by atoms with Crippen LogP contribution in [0.4, 0.5) is 4.39 Å². The minimum absolute atomic E-state index is 0.282. The fourth-order valence-electron chi connectivity index (χ4n) is 1.65. The fourth-order valence-corrected chi connectivity index (χ4v) is 3.13. The monoisotopic (exact) mass is 302 g/mol. The van der Waals surface area contributed by atoms with E-state index in [1.807, 2.05) is 13.8 Å². The van der Waals surface area contributed by atoms with Crippen molar-refractivity contribution < 1.29 is 12.8 Å². The first-order chi connectivity index (χ1) is 9.01. The third kappa shape index (κ3) is 5.19. The number of hydrogen-bond donors (Lipinski definition) is 2. The van der Waals surface area contributed by atoms with Crippen molar-refractivity contribution in [1.29, 1.82) is 0 Å². The summed E-state index contributed by atoms with van der Waals surface area (Å²) in [5, 5.41) is 3.15. The van der Waals surface area contributed by atoms with Gasteiger partial charge in [-0.15, -0.1) is 0 Å². The van der Waals surface area contributed by atoms with Crippen LogP contribution in [0.2, 0.25) is 0 Å². The van der Waals surface area contributed by atoms with Crippen molar-refractivity contribution in [1.82, 2.24) is 10.0 Å². The lowest BCUT2D eigenvalue weighted by Gasteiger charge is -2.20. The summed E-state index contributed by atoms with van der Waals surface area (Å²) in [6.07, 6.45) is 0. The number of sulfonamides is 1. The molecule has 0 spiro atoms. The molecular formula is C14H23FN2O2S. The lowest BCUT2D eigenvalue weighted by atomic mass is 10.1. The van der Waals surface area contributed by atoms with E-state index in [1.54, 1.807) is 26.8 Å². The Morgan fingerprint density at radius 2 is 1.85 bits per heavy atom. The number of rotatable bonds is 5. The predicted octanol–water partition coefficient (Wildman–Crippen LogP) is 2.40. The molecule has 0 aliphatic rings. The Hall–Kier alpha value is -0.980. The van der Waals surface area contributed by atoms with Gasteiger partial charge < -0.3 is 5.32 Å². The molecule has 0 saturated heterocycles. The van der Waals surface area contributed by atoms with Crippen LogP contribution in [0, 0.1) is 5.82 Å². The topological polar surface area (TPSA) is 58.2 Å². The maximum atomic E-state index is 14.0. The number of hydrogen-bond acceptors (Lipinski definition) is 3. The minimum Gasteiger partial charge on any atom is -0.310 e. The summed E-state index contributed by atoms with van der Waals surface area (Å²) in [6, 6.07) is 4.47. The largest absolute Gasteiger partial charge is 0.310 e. The van der Waals surface area contributed by atoms with Crippen molar-refractivity contribution >= 4 is 10.0 Å². The highest BCUT2D eigenvalue weighted by atomic mass is 32.2. The van der Waals surface area contributed by atoms with Gasteiger partial charge in [-0.3, -0.25) is 0 Å². The van der Waals surface area contributed by atoms with Gasteiger partial charge in [-0.05, 0) is 38.5 Å². The zero-order chi connectivity index (χ0) is 15.6. The lowest BCUT2D eigenvalue weighted by molar-refractivity contribution is 0.486. The van der Waals surface area contributed by atoms with Gasteiger partial charge in [-0.25, -0.2) is 17.5 Å². The summed E-state index contributed by atoms with van der Waals surface area (Å²) >= 11 is 0. The third-order valence-corrected chi connectivity index (χ3v) is 4.23. The molecule has 0 aliphatic carbocycles. The van der Waals surface area contributed by atoms with Gasteiger partial charge in [0.15, 0.2) is 0 Å². The second kappa shape index (κ2) is 6.20. The van der Waals surface area contributed by atoms with Crippen molar-refractivity contribution in [2.24, 2.45) is 0 Å². The highest BCUT2D eigenvalue weighted by Gasteiger charge is 2.24. The number of nitrogens with one attached hydrogen (secondary N) is 2. The van der Waals surface area contributed by atoms with Crippen molar-refractivity contribution in [2.45, 2.75) is 57.6 Å². The lowest BCUT2D eigenvalue weighted by Crippen LogP contribution is -2.40. The van der Waals surface area contributed by atoms with Gasteiger partial charge in [-0.1, -0.05) is 19.9 Å². The minimum atomic E-state index is -3.84. The highest BCUT2D eigenvalue weighted by Crippen LogP contribution is 2.18. The summed E-state index contributed by atoms with van der Waals surface area (Å²) in [5.74, 6) is -0.732. The SMILES string of the molecule is CC(C)NCc1ccc(S(=O)(=O)NC(C)(C)C)c(F)c1. The predicted molar refractivity (Wildman–Crippen MR) is 78.5 cm³/mol. The zero-order valence-corrected chi connectivity index (χ0v) is 13.4. The second-order valence-electron chi connectivity index (χ2n) is 6.16. The molecule has 0 bridgehead atoms. The normalized spacial score (nSPS) is 12.9. The van der Waals surface area contributed by atoms with E-state index in [0.717, 1.165) is 0 Å². The van der Waals surface area contributed by atoms with Crippen molar-refractivity contribution in [2.75, 3.05) is 0 Å². The summed E-state index contributed by atoms with van der Waals surface area (Å²) in [5.41, 5.74) is 0.0641. The van der Waals surface area contributed by atoms with Crippen LogP contribution in [-0.4, -0.2) is 20.0 Å². The molecule has 0 radical (unpaired) electrons. The maximum absolute atomic E-state index is 14.0. The van der Waals surface area contributed by atoms with Crippen molar-refractivity contribution in [3.63, 3.8) is 0 Å². The van der Waals surface area contributed by atoms with E-state index < -0.39 is 21.4 Å². The first-order valence-corrected chi connectivity index (χ1v) is 8.05. The molecule has 0 fully saturated rings. The Morgan fingerprint density at radius 3 is 2.30 bits per heavy atom. The van der Waals surface area contributed by atoms with Crippen LogP contribution >= 0.6 is 0 Å². The van der Waals surface area contributed by atoms with Gasteiger partial charge in [0.05, 0.1) is 0 Å². The average Bonchev–Trinajstić information content (AvgIpc) is 2.22. The van der Waals surface area contributed by atoms with Crippen LogP contribution in [0.3, 0.4) is 0 Å². The van der Waals surface area contributed by atoms with Crippen molar-refractivity contribution in [3.8, 4) is 0 Å². The molecule has 1 rings (SSSR count). The zero-order valence-electron chi connectivity index (χ0n) is 12.6. The summed E-state index contributed by atoms with van der Waals surface area (Å²) < 4.78 is 40.6. The Kier molecular flexibility index (Phi) is 5.29. The molecule has 6 heteroatoms. The fraction of sp³-hybridized carbons (Fsp3) is 0.571. The highest BCUT2D eigenvalue weighted by molar-refractivity contribution is 7.89. The smallest absolute Gasteiger partial charge is 0.243 e. The van der Waals surface area contributed by atoms with Gasteiger partial charge in [0.25, 0.3) is 0 Å². The first-order valence-electron chi connectivity index (χ1n) is 6.57. The van der Waals surface area contributed by atoms with E-state index in [9.17, 15) is 12.8 Å². The summed E-state index contributed by atoms with van der Waals surface area (Å²) in [7, 11) is -3.84. The van der Waals surface area contributed by atoms with E-state index in [1.165, 1.54) is 12.1 Å². The molecule has 0 aliphatic heterocycles. The van der Waals surface area contributed by atoms with Crippen LogP contribution in [0.25, 0.3) is 0 Å². The maximum Gasteiger partial charge on any atom is 0.243 e. The van der Waals surface area contributed by atoms with E-state index in [2.05, 4.69) is 10.0 Å². The van der Waals surface area contributed by atoms with Gasteiger partial charge in [0, 0.05) is 18.1 Å². The molecule has 1 aromatic rings. The molecule has 0 heterocycles. The summed E-state index contributed by atoms with van der Waals surface area (Å²) in [4.78, 5) is -0.319. The Labute approximate surface area is 120 Å². The average molecular weight is 302 g/mol. The van der Waals surface area contributed by atoms with Crippen LogP contribution < -0.4 is 10.0 Å². The quantitative estimate of drug-likeness (QED) is 0.878. The van der Waals surface area contributed by atoms with Gasteiger partial charge in [-0.2, -0.15) is 0 Å². The van der Waals surface area contributed by atoms with E-state index >= 15 is 0 Å². The molecule has 4 nitrogen and oxygen atoms in total. The molecule has 0 unspecified atom stereocenters. The molecule has 1 aromatic carbocycles. The third-order valence-electron chi connectivity index (χ3n) is 2.44. The standard InChI is InChI=1S/C14H23FN2O2S/c1-10(2)16-9-11-6-7-13(12(15)8-11)20(18,19)17-14(3,4)5/h6-8,10,16-17H,9H2,1-5H3. The van der Waals surface area contributed by atoms with Crippen LogP contribution in [0.1, 0.15) is 40.2 Å². The van der Waals surface area contributed by atoms with Crippen LogP contribution in [0.5, 0.6) is 0 Å². The van der Waals surface area contributed by atoms with Gasteiger partial charge in [0.1, 0.15) is 10.7 Å². The molecule has 0 saturated carbocycles. The van der Waals surface area contributed by atoms with Gasteiger partial charge in [0.2, 0.25) is 10.0 Å². The molecule has 20 heavy (non-hydrogen) atoms. The Morgan fingerprint density at radius 1 is 1.25 bits per heavy atom. The summed E-state index contributed by atoms with van der Waals surface area (Å²) in [6.45, 7) is 9.61. The molecular weight excluding hydrogens is 279 g/mol. The van der Waals surface area contributed by atoms with Crippen LogP contribution in [-0.2, 0) is 16.6 Å². The van der Waals surface area contributed by atoms with E-state index in [-0.39, 0.29) is 10.9 Å². The molecule has 0 aromatic heterocycles. The van der Waals surface area contributed by atoms with Gasteiger partial charge >= 0.3 is 0 Å². The number of halogens is 1. The van der Waals surface area contributed by atoms with E-state index in [0.29, 0.717) is 12.1 Å². The number of benzene rings is 1.